The molecule has 2 aromatic rings. The third-order valence-corrected chi connectivity index (χ3v) is 9.74. The van der Waals surface area contributed by atoms with Crippen LogP contribution in [0.5, 0.6) is 5.75 Å². The van der Waals surface area contributed by atoms with Crippen molar-refractivity contribution in [2.24, 2.45) is 17.8 Å². The number of anilines is 1. The van der Waals surface area contributed by atoms with E-state index in [2.05, 4.69) is 10.6 Å². The molecular formula is C36H49N3O6. The van der Waals surface area contributed by atoms with Crippen molar-refractivity contribution in [2.45, 2.75) is 89.3 Å². The summed E-state index contributed by atoms with van der Waals surface area (Å²) >= 11 is 0. The second-order valence-electron chi connectivity index (χ2n) is 13.2. The van der Waals surface area contributed by atoms with E-state index in [0.717, 1.165) is 37.2 Å². The lowest BCUT2D eigenvalue weighted by molar-refractivity contribution is -0.126. The molecule has 0 radical (unpaired) electrons. The predicted molar refractivity (Wildman–Crippen MR) is 173 cm³/mol. The maximum atomic E-state index is 13.8. The summed E-state index contributed by atoms with van der Waals surface area (Å²) in [6.45, 7) is 3.54. The molecule has 244 valence electrons. The first-order valence-corrected chi connectivity index (χ1v) is 16.7. The summed E-state index contributed by atoms with van der Waals surface area (Å²) < 4.78 is 11.1. The summed E-state index contributed by atoms with van der Waals surface area (Å²) in [7, 11) is 1.67. The number of benzene rings is 2. The van der Waals surface area contributed by atoms with Gasteiger partial charge in [0.15, 0.2) is 0 Å². The highest BCUT2D eigenvalue weighted by molar-refractivity contribution is 5.99. The molecule has 0 aromatic heterocycles. The van der Waals surface area contributed by atoms with Crippen molar-refractivity contribution in [1.82, 2.24) is 10.6 Å². The zero-order valence-electron chi connectivity index (χ0n) is 26.7. The molecule has 3 fully saturated rings. The van der Waals surface area contributed by atoms with Crippen LogP contribution in [0.3, 0.4) is 0 Å². The second-order valence-corrected chi connectivity index (χ2v) is 13.2. The number of unbranched alkanes of at least 4 members (excludes halogenated alkanes) is 1. The number of carbonyl (C=O) groups is 3. The van der Waals surface area contributed by atoms with Crippen LogP contribution in [0.1, 0.15) is 80.6 Å². The monoisotopic (exact) mass is 619 g/mol. The van der Waals surface area contributed by atoms with Crippen LogP contribution in [0.2, 0.25) is 0 Å². The van der Waals surface area contributed by atoms with E-state index in [4.69, 9.17) is 9.47 Å². The first-order valence-electron chi connectivity index (χ1n) is 16.7. The lowest BCUT2D eigenvalue weighted by Crippen LogP contribution is -2.47. The van der Waals surface area contributed by atoms with Crippen molar-refractivity contribution >= 4 is 23.4 Å². The Bertz CT molecular complexity index is 1300. The number of fused-ring (bicyclic) bond motifs is 2. The molecule has 2 saturated carbocycles. The number of hydrogen-bond acceptors (Lipinski definition) is 6. The number of aliphatic hydroxyl groups excluding tert-OH is 1. The first-order chi connectivity index (χ1) is 21.8. The van der Waals surface area contributed by atoms with Gasteiger partial charge in [0.25, 0.3) is 5.91 Å². The van der Waals surface area contributed by atoms with Crippen LogP contribution in [0.15, 0.2) is 48.5 Å². The number of carbonyl (C=O) groups excluding carboxylic acids is 3. The molecule has 5 rings (SSSR count). The molecule has 2 aromatic carbocycles. The van der Waals surface area contributed by atoms with Crippen molar-refractivity contribution in [2.75, 3.05) is 31.8 Å². The van der Waals surface area contributed by atoms with Gasteiger partial charge in [0.05, 0.1) is 18.8 Å². The highest BCUT2D eigenvalue weighted by atomic mass is 16.5. The van der Waals surface area contributed by atoms with Gasteiger partial charge in [0, 0.05) is 56.0 Å². The van der Waals surface area contributed by atoms with Crippen molar-refractivity contribution in [3.63, 3.8) is 0 Å². The van der Waals surface area contributed by atoms with Gasteiger partial charge in [-0.2, -0.15) is 0 Å². The number of hydrogen-bond donors (Lipinski definition) is 3. The average molecular weight is 620 g/mol. The lowest BCUT2D eigenvalue weighted by Gasteiger charge is -2.28. The molecule has 1 aliphatic heterocycles. The van der Waals surface area contributed by atoms with Crippen LogP contribution in [0.25, 0.3) is 0 Å². The Labute approximate surface area is 267 Å². The molecule has 2 bridgehead atoms. The largest absolute Gasteiger partial charge is 0.493 e. The zero-order chi connectivity index (χ0) is 31.8. The average Bonchev–Trinajstić information content (AvgIpc) is 3.78. The van der Waals surface area contributed by atoms with Gasteiger partial charge in [-0.3, -0.25) is 14.4 Å². The van der Waals surface area contributed by atoms with Crippen LogP contribution in [-0.2, 0) is 20.7 Å². The summed E-state index contributed by atoms with van der Waals surface area (Å²) in [5.74, 6) is 1.03. The fourth-order valence-electron chi connectivity index (χ4n) is 7.20. The van der Waals surface area contributed by atoms with Gasteiger partial charge in [0.1, 0.15) is 5.75 Å². The maximum absolute atomic E-state index is 13.8. The molecule has 3 aliphatic rings. The maximum Gasteiger partial charge on any atom is 0.251 e. The summed E-state index contributed by atoms with van der Waals surface area (Å²) in [5, 5.41) is 17.8. The smallest absolute Gasteiger partial charge is 0.251 e. The molecule has 1 saturated heterocycles. The molecular weight excluding hydrogens is 570 g/mol. The molecule has 2 aliphatic carbocycles. The van der Waals surface area contributed by atoms with Crippen molar-refractivity contribution in [3.8, 4) is 5.75 Å². The number of ether oxygens (including phenoxy) is 2. The van der Waals surface area contributed by atoms with Crippen LogP contribution >= 0.6 is 0 Å². The highest BCUT2D eigenvalue weighted by Gasteiger charge is 2.40. The van der Waals surface area contributed by atoms with Crippen molar-refractivity contribution < 1.29 is 29.0 Å². The number of methoxy groups -OCH3 is 1. The molecule has 45 heavy (non-hydrogen) atoms. The van der Waals surface area contributed by atoms with E-state index in [-0.39, 0.29) is 30.2 Å². The van der Waals surface area contributed by atoms with Gasteiger partial charge in [-0.05, 0) is 80.9 Å². The Morgan fingerprint density at radius 2 is 1.87 bits per heavy atom. The fraction of sp³-hybridized carbons (Fsp3) is 0.583. The van der Waals surface area contributed by atoms with Crippen molar-refractivity contribution in [3.05, 3.63) is 59.7 Å². The number of nitrogens with one attached hydrogen (secondary N) is 2. The summed E-state index contributed by atoms with van der Waals surface area (Å²) in [5.41, 5.74) is 1.95. The molecule has 6 atom stereocenters. The predicted octanol–water partition coefficient (Wildman–Crippen LogP) is 4.65. The minimum absolute atomic E-state index is 0.0219. The Balaban J connectivity index is 1.29. The van der Waals surface area contributed by atoms with E-state index < -0.39 is 18.1 Å². The standard InChI is InChI=1S/C36H49N3O6/c1-24(35(42)37-31-20-26-12-13-27(31)18-26)17-33(40)32(19-25-9-4-3-5-10-25)38-36(43)28-21-29(39-14-8-11-34(39)41)23-30(22-28)45-16-7-6-15-44-2/h3-5,9-10,21-24,26-27,31-33,40H,6-8,11-20H2,1-2H3,(H,37,42)(H,38,43)/t24-,26?,27?,31?,32+,33+/m1/s1. The van der Waals surface area contributed by atoms with E-state index >= 15 is 0 Å². The van der Waals surface area contributed by atoms with Gasteiger partial charge in [-0.15, -0.1) is 0 Å². The normalized spacial score (nSPS) is 22.7. The summed E-state index contributed by atoms with van der Waals surface area (Å²) in [6.07, 6.45) is 7.29. The molecule has 0 spiro atoms. The van der Waals surface area contributed by atoms with Crippen LogP contribution in [0, 0.1) is 17.8 Å². The molecule has 9 nitrogen and oxygen atoms in total. The number of aliphatic hydroxyl groups is 1. The Hall–Kier alpha value is -3.43. The quantitative estimate of drug-likeness (QED) is 0.236. The van der Waals surface area contributed by atoms with Crippen molar-refractivity contribution in [1.29, 1.82) is 0 Å². The van der Waals surface area contributed by atoms with E-state index in [1.807, 2.05) is 43.3 Å². The van der Waals surface area contributed by atoms with Crippen LogP contribution in [-0.4, -0.2) is 67.9 Å². The lowest BCUT2D eigenvalue weighted by atomic mass is 9.91. The Morgan fingerprint density at radius 3 is 2.56 bits per heavy atom. The molecule has 1 heterocycles. The van der Waals surface area contributed by atoms with Gasteiger partial charge in [-0.25, -0.2) is 0 Å². The Morgan fingerprint density at radius 1 is 1.07 bits per heavy atom. The van der Waals surface area contributed by atoms with Gasteiger partial charge >= 0.3 is 0 Å². The summed E-state index contributed by atoms with van der Waals surface area (Å²) in [6, 6.07) is 14.5. The molecule has 9 heteroatoms. The van der Waals surface area contributed by atoms with E-state index in [9.17, 15) is 19.5 Å². The van der Waals surface area contributed by atoms with Crippen LogP contribution < -0.4 is 20.3 Å². The van der Waals surface area contributed by atoms with E-state index in [0.29, 0.717) is 55.5 Å². The zero-order valence-corrected chi connectivity index (χ0v) is 26.7. The van der Waals surface area contributed by atoms with Crippen LogP contribution in [0.4, 0.5) is 5.69 Å². The van der Waals surface area contributed by atoms with Gasteiger partial charge in [0.2, 0.25) is 11.8 Å². The molecule has 3 amide bonds. The minimum atomic E-state index is -0.949. The second kappa shape index (κ2) is 15.7. The number of amides is 3. The summed E-state index contributed by atoms with van der Waals surface area (Å²) in [4.78, 5) is 41.2. The number of nitrogens with zero attached hydrogens (tertiary/aromatic N) is 1. The Kier molecular flexibility index (Phi) is 11.5. The molecule has 3 N–H and O–H groups in total. The SMILES string of the molecule is COCCCCOc1cc(C(=O)N[C@@H](Cc2ccccc2)[C@@H](O)C[C@@H](C)C(=O)NC2CC3CCC2C3)cc(N2CCCC2=O)c1. The minimum Gasteiger partial charge on any atom is -0.493 e. The van der Waals surface area contributed by atoms with Gasteiger partial charge in [-0.1, -0.05) is 43.7 Å². The van der Waals surface area contributed by atoms with E-state index in [1.165, 1.54) is 19.3 Å². The first kappa shape index (κ1) is 32.9. The van der Waals surface area contributed by atoms with Gasteiger partial charge < -0.3 is 30.1 Å². The molecule has 3 unspecified atom stereocenters. The topological polar surface area (TPSA) is 117 Å². The number of rotatable bonds is 16. The third kappa shape index (κ3) is 8.85. The van der Waals surface area contributed by atoms with E-state index in [1.54, 1.807) is 24.1 Å². The fourth-order valence-corrected chi connectivity index (χ4v) is 7.20. The highest BCUT2D eigenvalue weighted by Crippen LogP contribution is 2.44. The third-order valence-electron chi connectivity index (χ3n) is 9.74.